The van der Waals surface area contributed by atoms with Gasteiger partial charge in [-0.25, -0.2) is 0 Å². The quantitative estimate of drug-likeness (QED) is 0.524. The molecule has 0 bridgehead atoms. The third-order valence-electron chi connectivity index (χ3n) is 6.08. The first-order valence-electron chi connectivity index (χ1n) is 10.0. The zero-order chi connectivity index (χ0) is 22.3. The lowest BCUT2D eigenvalue weighted by atomic mass is 9.71. The first-order chi connectivity index (χ1) is 14.7. The molecule has 0 aromatic carbocycles. The zero-order valence-corrected chi connectivity index (χ0v) is 18.8. The van der Waals surface area contributed by atoms with Crippen LogP contribution < -0.4 is 0 Å². The van der Waals surface area contributed by atoms with E-state index in [-0.39, 0.29) is 0 Å². The molecule has 0 radical (unpaired) electrons. The van der Waals surface area contributed by atoms with Crippen molar-refractivity contribution in [2.45, 2.75) is 50.3 Å². The molecule has 1 unspecified atom stereocenters. The fourth-order valence-electron chi connectivity index (χ4n) is 4.27. The highest BCUT2D eigenvalue weighted by Crippen LogP contribution is 2.44. The van der Waals surface area contributed by atoms with Crippen LogP contribution >= 0.6 is 22.9 Å². The van der Waals surface area contributed by atoms with Gasteiger partial charge in [0.2, 0.25) is 0 Å². The van der Waals surface area contributed by atoms with Crippen LogP contribution in [0, 0.1) is 5.41 Å². The molecule has 1 saturated heterocycles. The number of aliphatic hydroxyl groups is 4. The van der Waals surface area contributed by atoms with Gasteiger partial charge in [0, 0.05) is 30.1 Å². The Labute approximate surface area is 189 Å². The maximum absolute atomic E-state index is 10.6. The molecule has 2 aliphatic rings. The minimum absolute atomic E-state index is 0.461. The molecule has 168 valence electrons. The molecule has 1 aliphatic heterocycles. The van der Waals surface area contributed by atoms with Crippen LogP contribution in [0.4, 0.5) is 0 Å². The van der Waals surface area contributed by atoms with Gasteiger partial charge in [0.15, 0.2) is 5.01 Å². The van der Waals surface area contributed by atoms with Crippen LogP contribution in [0.15, 0.2) is 41.1 Å². The lowest BCUT2D eigenvalue weighted by Gasteiger charge is -2.48. The lowest BCUT2D eigenvalue weighted by Crippen LogP contribution is -2.62. The van der Waals surface area contributed by atoms with Crippen molar-refractivity contribution < 1.29 is 25.2 Å². The van der Waals surface area contributed by atoms with E-state index in [4.69, 9.17) is 16.3 Å². The molecule has 31 heavy (non-hydrogen) atoms. The number of nitrogens with zero attached hydrogens (tertiary/aromatic N) is 3. The molecule has 4 N–H and O–H groups in total. The number of aliphatic hydroxyl groups excluding tert-OH is 4. The molecule has 10 heteroatoms. The summed E-state index contributed by atoms with van der Waals surface area (Å²) in [7, 11) is 1.95. The fraction of sp³-hybridized carbons (Fsp3) is 0.524. The standard InChI is InChI=1S/C21H26ClN3O5S/c1-21(19-18(29)17(28)16(27)14(10-26)30-19)6-5-12(22)11(9-21)8-15-23-24-20(31-15)13-4-3-7-25(13)2/h3-7,14,16-19,26-29H,8-10H2,1-2H3/t14-,16-,17+,18-,19-,21?/m1/s1. The van der Waals surface area contributed by atoms with E-state index in [0.29, 0.717) is 17.9 Å². The second-order valence-electron chi connectivity index (χ2n) is 8.40. The summed E-state index contributed by atoms with van der Waals surface area (Å²) >= 11 is 7.98. The average Bonchev–Trinajstić information content (AvgIpc) is 3.38. The van der Waals surface area contributed by atoms with Gasteiger partial charge in [0.05, 0.1) is 18.4 Å². The van der Waals surface area contributed by atoms with E-state index in [1.165, 1.54) is 11.3 Å². The summed E-state index contributed by atoms with van der Waals surface area (Å²) in [5.41, 5.74) is 1.20. The fourth-order valence-corrected chi connectivity index (χ4v) is 5.41. The van der Waals surface area contributed by atoms with Gasteiger partial charge in [0.1, 0.15) is 29.4 Å². The normalized spacial score (nSPS) is 33.8. The van der Waals surface area contributed by atoms with E-state index >= 15 is 0 Å². The molecule has 1 fully saturated rings. The van der Waals surface area contributed by atoms with Crippen LogP contribution in [0.5, 0.6) is 0 Å². The van der Waals surface area contributed by atoms with Gasteiger partial charge in [-0.1, -0.05) is 35.9 Å². The summed E-state index contributed by atoms with van der Waals surface area (Å²) < 4.78 is 7.80. The zero-order valence-electron chi connectivity index (χ0n) is 17.2. The summed E-state index contributed by atoms with van der Waals surface area (Å²) in [5.74, 6) is 0. The summed E-state index contributed by atoms with van der Waals surface area (Å²) in [6, 6.07) is 3.93. The Morgan fingerprint density at radius 2 is 2.03 bits per heavy atom. The number of hydrogen-bond donors (Lipinski definition) is 4. The third-order valence-corrected chi connectivity index (χ3v) is 7.42. The van der Waals surface area contributed by atoms with Crippen molar-refractivity contribution in [3.05, 3.63) is 46.1 Å². The van der Waals surface area contributed by atoms with Crippen molar-refractivity contribution in [1.29, 1.82) is 0 Å². The van der Waals surface area contributed by atoms with Gasteiger partial charge in [-0.05, 0) is 30.2 Å². The summed E-state index contributed by atoms with van der Waals surface area (Å²) in [4.78, 5) is 0. The minimum atomic E-state index is -1.41. The molecule has 0 spiro atoms. The Balaban J connectivity index is 1.54. The first kappa shape index (κ1) is 22.6. The maximum atomic E-state index is 10.6. The predicted octanol–water partition coefficient (Wildman–Crippen LogP) is 1.39. The Hall–Kier alpha value is -1.59. The largest absolute Gasteiger partial charge is 0.394 e. The van der Waals surface area contributed by atoms with Gasteiger partial charge in [-0.3, -0.25) is 0 Å². The van der Waals surface area contributed by atoms with E-state index in [1.807, 2.05) is 42.9 Å². The molecule has 0 saturated carbocycles. The molecule has 2 aromatic rings. The molecule has 0 amide bonds. The topological polar surface area (TPSA) is 121 Å². The minimum Gasteiger partial charge on any atom is -0.394 e. The highest BCUT2D eigenvalue weighted by molar-refractivity contribution is 7.14. The average molecular weight is 468 g/mol. The molecule has 2 aromatic heterocycles. The summed E-state index contributed by atoms with van der Waals surface area (Å²) in [5, 5.41) is 51.3. The van der Waals surface area contributed by atoms with Crippen LogP contribution in [0.25, 0.3) is 10.7 Å². The highest BCUT2D eigenvalue weighted by Gasteiger charge is 2.50. The monoisotopic (exact) mass is 467 g/mol. The SMILES string of the molecule is Cn1cccc1-c1nnc(CC2=C(Cl)C=CC(C)([C@@H]3O[C@H](CO)[C@@H](O)[C@H](O)[C@H]3O)C2)s1. The molecular weight excluding hydrogens is 442 g/mol. The third kappa shape index (κ3) is 4.23. The number of aromatic nitrogens is 3. The van der Waals surface area contributed by atoms with Crippen molar-refractivity contribution in [1.82, 2.24) is 14.8 Å². The van der Waals surface area contributed by atoms with E-state index in [9.17, 15) is 20.4 Å². The van der Waals surface area contributed by atoms with Gasteiger partial charge >= 0.3 is 0 Å². The number of rotatable bonds is 5. The highest BCUT2D eigenvalue weighted by atomic mass is 35.5. The van der Waals surface area contributed by atoms with E-state index in [0.717, 1.165) is 21.3 Å². The van der Waals surface area contributed by atoms with Crippen molar-refractivity contribution in [3.63, 3.8) is 0 Å². The Morgan fingerprint density at radius 3 is 2.71 bits per heavy atom. The van der Waals surface area contributed by atoms with E-state index < -0.39 is 42.5 Å². The molecule has 4 rings (SSSR count). The number of hydrogen-bond acceptors (Lipinski definition) is 8. The van der Waals surface area contributed by atoms with Crippen molar-refractivity contribution in [2.24, 2.45) is 12.5 Å². The molecule has 1 aliphatic carbocycles. The van der Waals surface area contributed by atoms with Crippen LogP contribution in [0.3, 0.4) is 0 Å². The van der Waals surface area contributed by atoms with E-state index in [1.54, 1.807) is 6.08 Å². The van der Waals surface area contributed by atoms with Gasteiger partial charge < -0.3 is 29.7 Å². The smallest absolute Gasteiger partial charge is 0.164 e. The Kier molecular flexibility index (Phi) is 6.37. The van der Waals surface area contributed by atoms with Gasteiger partial charge in [-0.15, -0.1) is 10.2 Å². The molecule has 3 heterocycles. The molecule has 6 atom stereocenters. The van der Waals surface area contributed by atoms with Crippen molar-refractivity contribution in [3.8, 4) is 10.7 Å². The Bertz CT molecular complexity index is 1000. The summed E-state index contributed by atoms with van der Waals surface area (Å²) in [6.07, 6.45) is 0.640. The number of allylic oxidation sites excluding steroid dienone is 3. The van der Waals surface area contributed by atoms with Crippen LogP contribution in [0.2, 0.25) is 0 Å². The summed E-state index contributed by atoms with van der Waals surface area (Å²) in [6.45, 7) is 1.44. The van der Waals surface area contributed by atoms with E-state index in [2.05, 4.69) is 10.2 Å². The van der Waals surface area contributed by atoms with Crippen LogP contribution in [-0.2, 0) is 18.2 Å². The second-order valence-corrected chi connectivity index (χ2v) is 9.87. The first-order valence-corrected chi connectivity index (χ1v) is 11.2. The van der Waals surface area contributed by atoms with Crippen LogP contribution in [0.1, 0.15) is 18.4 Å². The number of aryl methyl sites for hydroxylation is 1. The lowest BCUT2D eigenvalue weighted by molar-refractivity contribution is -0.249. The van der Waals surface area contributed by atoms with Crippen molar-refractivity contribution in [2.75, 3.05) is 6.61 Å². The van der Waals surface area contributed by atoms with Gasteiger partial charge in [0.25, 0.3) is 0 Å². The van der Waals surface area contributed by atoms with Crippen molar-refractivity contribution >= 4 is 22.9 Å². The Morgan fingerprint density at radius 1 is 1.26 bits per heavy atom. The maximum Gasteiger partial charge on any atom is 0.164 e. The second kappa shape index (κ2) is 8.74. The predicted molar refractivity (Wildman–Crippen MR) is 117 cm³/mol. The number of halogens is 1. The van der Waals surface area contributed by atoms with Gasteiger partial charge in [-0.2, -0.15) is 0 Å². The molecular formula is C21H26ClN3O5S. The number of ether oxygens (including phenoxy) is 1. The molecule has 8 nitrogen and oxygen atoms in total. The van der Waals surface area contributed by atoms with Crippen LogP contribution in [-0.4, -0.2) is 72.3 Å².